The fourth-order valence-electron chi connectivity index (χ4n) is 2.63. The minimum Gasteiger partial charge on any atom is -0.282 e. The Labute approximate surface area is 174 Å². The van der Waals surface area contributed by atoms with Crippen molar-refractivity contribution in [1.82, 2.24) is 9.97 Å². The lowest BCUT2D eigenvalue weighted by Crippen LogP contribution is -2.31. The van der Waals surface area contributed by atoms with Crippen LogP contribution in [0.4, 0.5) is 5.13 Å². The zero-order valence-corrected chi connectivity index (χ0v) is 17.1. The highest BCUT2D eigenvalue weighted by molar-refractivity contribution is 7.22. The number of carbonyl (C=O) groups is 1. The predicted molar refractivity (Wildman–Crippen MR) is 113 cm³/mol. The molecule has 0 aliphatic heterocycles. The van der Waals surface area contributed by atoms with Gasteiger partial charge >= 0.3 is 0 Å². The number of benzene rings is 1. The zero-order chi connectivity index (χ0) is 18.8. The van der Waals surface area contributed by atoms with Crippen LogP contribution in [0.3, 0.4) is 0 Å². The number of amides is 1. The third-order valence-corrected chi connectivity index (χ3v) is 6.47. The molecule has 136 valence electrons. The number of hydrogen-bond donors (Lipinski definition) is 0. The van der Waals surface area contributed by atoms with E-state index in [-0.39, 0.29) is 12.3 Å². The molecule has 1 aromatic carbocycles. The fourth-order valence-corrected chi connectivity index (χ4v) is 4.99. The second kappa shape index (κ2) is 7.94. The molecule has 4 rings (SSSR count). The number of rotatable bonds is 5. The van der Waals surface area contributed by atoms with Gasteiger partial charge in [0.25, 0.3) is 0 Å². The van der Waals surface area contributed by atoms with Crippen molar-refractivity contribution in [2.75, 3.05) is 4.90 Å². The van der Waals surface area contributed by atoms with Gasteiger partial charge in [0.1, 0.15) is 5.52 Å². The van der Waals surface area contributed by atoms with Gasteiger partial charge in [-0.15, -0.1) is 11.3 Å². The van der Waals surface area contributed by atoms with Gasteiger partial charge in [-0.1, -0.05) is 46.7 Å². The largest absolute Gasteiger partial charge is 0.282 e. The summed E-state index contributed by atoms with van der Waals surface area (Å²) in [6, 6.07) is 14.9. The van der Waals surface area contributed by atoms with Gasteiger partial charge in [0.15, 0.2) is 5.13 Å². The van der Waals surface area contributed by atoms with Crippen LogP contribution >= 0.6 is 45.9 Å². The third-order valence-electron chi connectivity index (χ3n) is 3.89. The summed E-state index contributed by atoms with van der Waals surface area (Å²) in [6.07, 6.45) is 1.97. The molecule has 0 unspecified atom stereocenters. The highest BCUT2D eigenvalue weighted by Crippen LogP contribution is 2.34. The minimum absolute atomic E-state index is 0.0608. The lowest BCUT2D eigenvalue weighted by Gasteiger charge is -2.19. The molecule has 4 aromatic rings. The number of nitrogens with zero attached hydrogens (tertiary/aromatic N) is 3. The molecule has 0 saturated carbocycles. The van der Waals surface area contributed by atoms with Crippen LogP contribution in [0.25, 0.3) is 10.2 Å². The molecule has 0 fully saturated rings. The first-order chi connectivity index (χ1) is 13.1. The van der Waals surface area contributed by atoms with E-state index in [1.807, 2.05) is 36.4 Å². The Balaban J connectivity index is 1.70. The van der Waals surface area contributed by atoms with Crippen molar-refractivity contribution in [3.8, 4) is 0 Å². The topological polar surface area (TPSA) is 46.1 Å². The van der Waals surface area contributed by atoms with E-state index in [1.54, 1.807) is 23.2 Å². The van der Waals surface area contributed by atoms with Crippen molar-refractivity contribution in [1.29, 1.82) is 0 Å². The number of aromatic nitrogens is 2. The van der Waals surface area contributed by atoms with Crippen LogP contribution in [0.5, 0.6) is 0 Å². The van der Waals surface area contributed by atoms with Crippen molar-refractivity contribution in [2.45, 2.75) is 13.0 Å². The van der Waals surface area contributed by atoms with Crippen LogP contribution in [0.1, 0.15) is 10.6 Å². The van der Waals surface area contributed by atoms with E-state index in [4.69, 9.17) is 23.2 Å². The van der Waals surface area contributed by atoms with Crippen molar-refractivity contribution in [3.05, 3.63) is 74.7 Å². The Morgan fingerprint density at radius 1 is 1.04 bits per heavy atom. The Morgan fingerprint density at radius 3 is 2.63 bits per heavy atom. The van der Waals surface area contributed by atoms with E-state index in [0.29, 0.717) is 26.6 Å². The molecule has 8 heteroatoms. The summed E-state index contributed by atoms with van der Waals surface area (Å²) in [5.41, 5.74) is 1.50. The summed E-state index contributed by atoms with van der Waals surface area (Å²) in [7, 11) is 0. The van der Waals surface area contributed by atoms with Gasteiger partial charge in [0.2, 0.25) is 5.91 Å². The summed E-state index contributed by atoms with van der Waals surface area (Å²) in [5.74, 6) is -0.0608. The predicted octanol–water partition coefficient (Wildman–Crippen LogP) is 5.84. The van der Waals surface area contributed by atoms with Gasteiger partial charge in [-0.3, -0.25) is 14.7 Å². The molecule has 0 aliphatic carbocycles. The number of thiazole rings is 1. The Bertz CT molecular complexity index is 1090. The fraction of sp³-hybridized carbons (Fsp3) is 0.105. The standard InChI is InChI=1S/C19H13Cl2N3OS2/c20-14-5-3-6-15-18(14)23-19(27-15)24(11-12-4-1-2-9-22-12)17(25)10-13-7-8-16(21)26-13/h1-9H,10-11H2. The lowest BCUT2D eigenvalue weighted by atomic mass is 10.3. The molecule has 3 heterocycles. The molecule has 0 atom stereocenters. The average Bonchev–Trinajstić information content (AvgIpc) is 3.27. The number of pyridine rings is 1. The second-order valence-corrected chi connectivity index (χ2v) is 8.98. The van der Waals surface area contributed by atoms with Crippen LogP contribution < -0.4 is 4.90 Å². The monoisotopic (exact) mass is 433 g/mol. The minimum atomic E-state index is -0.0608. The quantitative estimate of drug-likeness (QED) is 0.397. The third kappa shape index (κ3) is 4.14. The molecule has 0 saturated heterocycles. The van der Waals surface area contributed by atoms with Gasteiger partial charge in [0, 0.05) is 11.1 Å². The van der Waals surface area contributed by atoms with Crippen molar-refractivity contribution < 1.29 is 4.79 Å². The summed E-state index contributed by atoms with van der Waals surface area (Å²) < 4.78 is 1.61. The van der Waals surface area contributed by atoms with Gasteiger partial charge in [0.05, 0.1) is 32.7 Å². The van der Waals surface area contributed by atoms with Gasteiger partial charge < -0.3 is 0 Å². The number of hydrogen-bond acceptors (Lipinski definition) is 5. The molecule has 0 N–H and O–H groups in total. The summed E-state index contributed by atoms with van der Waals surface area (Å²) in [5, 5.41) is 1.18. The van der Waals surface area contributed by atoms with Crippen LogP contribution in [-0.2, 0) is 17.8 Å². The first-order valence-electron chi connectivity index (χ1n) is 8.10. The maximum Gasteiger partial charge on any atom is 0.234 e. The second-order valence-electron chi connectivity index (χ2n) is 5.77. The first kappa shape index (κ1) is 18.4. The maximum atomic E-state index is 13.1. The molecular formula is C19H13Cl2N3OS2. The Kier molecular flexibility index (Phi) is 5.41. The van der Waals surface area contributed by atoms with Gasteiger partial charge in [-0.2, -0.15) is 0 Å². The summed E-state index contributed by atoms with van der Waals surface area (Å²) >= 11 is 15.1. The number of halogens is 2. The van der Waals surface area contributed by atoms with Crippen molar-refractivity contribution in [2.24, 2.45) is 0 Å². The molecular weight excluding hydrogens is 421 g/mol. The number of anilines is 1. The summed E-state index contributed by atoms with van der Waals surface area (Å²) in [6.45, 7) is 0.343. The van der Waals surface area contributed by atoms with E-state index in [9.17, 15) is 4.79 Å². The molecule has 4 nitrogen and oxygen atoms in total. The van der Waals surface area contributed by atoms with Crippen LogP contribution in [0, 0.1) is 0 Å². The van der Waals surface area contributed by atoms with Crippen LogP contribution in [0.15, 0.2) is 54.7 Å². The molecule has 0 spiro atoms. The first-order valence-corrected chi connectivity index (χ1v) is 10.5. The van der Waals surface area contributed by atoms with E-state index in [0.717, 1.165) is 15.3 Å². The summed E-state index contributed by atoms with van der Waals surface area (Å²) in [4.78, 5) is 24.6. The lowest BCUT2D eigenvalue weighted by molar-refractivity contribution is -0.118. The van der Waals surface area contributed by atoms with Crippen LogP contribution in [-0.4, -0.2) is 15.9 Å². The van der Waals surface area contributed by atoms with E-state index in [2.05, 4.69) is 9.97 Å². The van der Waals surface area contributed by atoms with Gasteiger partial charge in [-0.05, 0) is 36.4 Å². The highest BCUT2D eigenvalue weighted by atomic mass is 35.5. The van der Waals surface area contributed by atoms with Crippen molar-refractivity contribution >= 4 is 67.1 Å². The van der Waals surface area contributed by atoms with Crippen LogP contribution in [0.2, 0.25) is 9.36 Å². The van der Waals surface area contributed by atoms with Crippen molar-refractivity contribution in [3.63, 3.8) is 0 Å². The number of para-hydroxylation sites is 1. The smallest absolute Gasteiger partial charge is 0.234 e. The Hall–Kier alpha value is -1.99. The zero-order valence-electron chi connectivity index (χ0n) is 13.9. The molecule has 27 heavy (non-hydrogen) atoms. The molecule has 0 bridgehead atoms. The SMILES string of the molecule is O=C(Cc1ccc(Cl)s1)N(Cc1ccccn1)c1nc2c(Cl)cccc2s1. The highest BCUT2D eigenvalue weighted by Gasteiger charge is 2.22. The molecule has 1 amide bonds. The molecule has 0 aliphatic rings. The normalized spacial score (nSPS) is 11.0. The molecule has 0 radical (unpaired) electrons. The van der Waals surface area contributed by atoms with E-state index in [1.165, 1.54) is 22.7 Å². The maximum absolute atomic E-state index is 13.1. The number of fused-ring (bicyclic) bond motifs is 1. The van der Waals surface area contributed by atoms with Gasteiger partial charge in [-0.25, -0.2) is 4.98 Å². The Morgan fingerprint density at radius 2 is 1.93 bits per heavy atom. The van der Waals surface area contributed by atoms with E-state index >= 15 is 0 Å². The van der Waals surface area contributed by atoms with E-state index < -0.39 is 0 Å². The number of carbonyl (C=O) groups excluding carboxylic acids is 1. The molecule has 3 aromatic heterocycles. The number of thiophene rings is 1. The average molecular weight is 434 g/mol.